The molecule has 7 heteroatoms. The molecule has 1 aromatic heterocycles. The number of amides is 4. The Labute approximate surface area is 207 Å². The lowest BCUT2D eigenvalue weighted by atomic mass is 10.1. The second-order valence-corrected chi connectivity index (χ2v) is 8.71. The Hall–Kier alpha value is -4.16. The summed E-state index contributed by atoms with van der Waals surface area (Å²) in [5.41, 5.74) is 3.96. The Balaban J connectivity index is 1.56. The van der Waals surface area contributed by atoms with Gasteiger partial charge in [-0.1, -0.05) is 67.1 Å². The molecule has 1 fully saturated rings. The Morgan fingerprint density at radius 1 is 0.914 bits per heavy atom. The Morgan fingerprint density at radius 2 is 1.63 bits per heavy atom. The van der Waals surface area contributed by atoms with Crippen LogP contribution < -0.4 is 10.2 Å². The fourth-order valence-corrected chi connectivity index (χ4v) is 4.45. The van der Waals surface area contributed by atoms with Gasteiger partial charge in [-0.3, -0.25) is 14.9 Å². The summed E-state index contributed by atoms with van der Waals surface area (Å²) in [6.45, 7) is 2.55. The van der Waals surface area contributed by atoms with Gasteiger partial charge in [0.1, 0.15) is 5.57 Å². The number of carbonyl (C=O) groups is 3. The van der Waals surface area contributed by atoms with Gasteiger partial charge in [0.25, 0.3) is 11.8 Å². The zero-order valence-electron chi connectivity index (χ0n) is 19.0. The van der Waals surface area contributed by atoms with Crippen LogP contribution in [-0.4, -0.2) is 22.4 Å². The smallest absolute Gasteiger partial charge is 0.335 e. The maximum atomic E-state index is 13.3. The molecule has 35 heavy (non-hydrogen) atoms. The van der Waals surface area contributed by atoms with Crippen molar-refractivity contribution in [3.63, 3.8) is 0 Å². The van der Waals surface area contributed by atoms with E-state index in [0.29, 0.717) is 22.8 Å². The minimum atomic E-state index is -0.762. The predicted octanol–water partition coefficient (Wildman–Crippen LogP) is 5.57. The van der Waals surface area contributed by atoms with Crippen molar-refractivity contribution in [2.45, 2.75) is 19.9 Å². The van der Waals surface area contributed by atoms with Crippen LogP contribution in [0.1, 0.15) is 23.6 Å². The number of nitrogens with zero attached hydrogens (tertiary/aromatic N) is 2. The maximum Gasteiger partial charge on any atom is 0.335 e. The first-order valence-electron chi connectivity index (χ1n) is 11.3. The summed E-state index contributed by atoms with van der Waals surface area (Å²) in [4.78, 5) is 39.6. The third-order valence-electron chi connectivity index (χ3n) is 6.12. The molecule has 0 saturated carbocycles. The maximum absolute atomic E-state index is 13.3. The molecule has 0 spiro atoms. The molecule has 1 N–H and O–H groups in total. The van der Waals surface area contributed by atoms with Crippen molar-refractivity contribution in [1.82, 2.24) is 9.88 Å². The van der Waals surface area contributed by atoms with Crippen LogP contribution in [0.2, 0.25) is 5.02 Å². The molecule has 5 rings (SSSR count). The number of anilines is 1. The SMILES string of the molecule is CCc1ccc(N2C(=O)NC(=O)/C(=C\c3cn(Cc4ccccc4Cl)c4ccccc34)C2=O)cc1. The van der Waals surface area contributed by atoms with Gasteiger partial charge < -0.3 is 4.57 Å². The van der Waals surface area contributed by atoms with E-state index < -0.39 is 17.8 Å². The minimum absolute atomic E-state index is 0.107. The van der Waals surface area contributed by atoms with Crippen LogP contribution in [0.25, 0.3) is 17.0 Å². The van der Waals surface area contributed by atoms with Gasteiger partial charge in [-0.2, -0.15) is 0 Å². The van der Waals surface area contributed by atoms with Crippen molar-refractivity contribution in [3.05, 3.63) is 106 Å². The molecular formula is C28H22ClN3O3. The number of imide groups is 2. The molecule has 6 nitrogen and oxygen atoms in total. The number of hydrogen-bond acceptors (Lipinski definition) is 3. The third-order valence-corrected chi connectivity index (χ3v) is 6.49. The van der Waals surface area contributed by atoms with Gasteiger partial charge in [0.15, 0.2) is 0 Å². The Bertz CT molecular complexity index is 1500. The van der Waals surface area contributed by atoms with E-state index in [0.717, 1.165) is 33.4 Å². The number of benzene rings is 3. The molecule has 4 amide bonds. The van der Waals surface area contributed by atoms with Gasteiger partial charge in [-0.15, -0.1) is 0 Å². The predicted molar refractivity (Wildman–Crippen MR) is 137 cm³/mol. The van der Waals surface area contributed by atoms with E-state index >= 15 is 0 Å². The van der Waals surface area contributed by atoms with E-state index in [-0.39, 0.29) is 5.57 Å². The number of barbiturate groups is 1. The summed E-state index contributed by atoms with van der Waals surface area (Å²) in [6.07, 6.45) is 4.27. The highest BCUT2D eigenvalue weighted by molar-refractivity contribution is 6.39. The topological polar surface area (TPSA) is 71.4 Å². The van der Waals surface area contributed by atoms with Crippen molar-refractivity contribution < 1.29 is 14.4 Å². The average molecular weight is 484 g/mol. The van der Waals surface area contributed by atoms with Crippen LogP contribution in [0.3, 0.4) is 0 Å². The summed E-state index contributed by atoms with van der Waals surface area (Å²) in [6, 6.07) is 21.7. The van der Waals surface area contributed by atoms with Gasteiger partial charge in [0.2, 0.25) is 0 Å². The van der Waals surface area contributed by atoms with Crippen LogP contribution in [0.4, 0.5) is 10.5 Å². The van der Waals surface area contributed by atoms with Crippen molar-refractivity contribution in [2.75, 3.05) is 4.90 Å². The monoisotopic (exact) mass is 483 g/mol. The Morgan fingerprint density at radius 3 is 2.37 bits per heavy atom. The van der Waals surface area contributed by atoms with E-state index in [9.17, 15) is 14.4 Å². The van der Waals surface area contributed by atoms with Crippen molar-refractivity contribution >= 4 is 52.1 Å². The molecule has 1 aliphatic rings. The lowest BCUT2D eigenvalue weighted by molar-refractivity contribution is -0.122. The van der Waals surface area contributed by atoms with Gasteiger partial charge in [0, 0.05) is 34.2 Å². The number of aryl methyl sites for hydroxylation is 1. The summed E-state index contributed by atoms with van der Waals surface area (Å²) >= 11 is 6.37. The van der Waals surface area contributed by atoms with Crippen LogP contribution in [-0.2, 0) is 22.6 Å². The molecule has 0 aliphatic carbocycles. The number of para-hydroxylation sites is 1. The third kappa shape index (κ3) is 4.24. The molecule has 0 atom stereocenters. The highest BCUT2D eigenvalue weighted by atomic mass is 35.5. The van der Waals surface area contributed by atoms with Crippen LogP contribution in [0.15, 0.2) is 84.6 Å². The lowest BCUT2D eigenvalue weighted by Gasteiger charge is -2.26. The van der Waals surface area contributed by atoms with Gasteiger partial charge >= 0.3 is 6.03 Å². The normalized spacial score (nSPS) is 15.2. The quantitative estimate of drug-likeness (QED) is 0.298. The highest BCUT2D eigenvalue weighted by Gasteiger charge is 2.37. The Kier molecular flexibility index (Phi) is 5.97. The summed E-state index contributed by atoms with van der Waals surface area (Å²) in [5.74, 6) is -1.38. The van der Waals surface area contributed by atoms with Crippen LogP contribution in [0.5, 0.6) is 0 Å². The van der Waals surface area contributed by atoms with Crippen molar-refractivity contribution in [1.29, 1.82) is 0 Å². The number of nitrogens with one attached hydrogen (secondary N) is 1. The first-order chi connectivity index (χ1) is 17.0. The molecule has 4 aromatic rings. The molecule has 0 bridgehead atoms. The number of aromatic nitrogens is 1. The molecular weight excluding hydrogens is 462 g/mol. The zero-order valence-corrected chi connectivity index (χ0v) is 19.8. The molecule has 3 aromatic carbocycles. The first kappa shape index (κ1) is 22.6. The molecule has 174 valence electrons. The van der Waals surface area contributed by atoms with E-state index in [1.54, 1.807) is 18.2 Å². The number of rotatable bonds is 5. The number of urea groups is 1. The number of halogens is 1. The standard InChI is InChI=1S/C28H22ClN3O3/c1-2-18-11-13-21(14-12-18)32-27(34)23(26(33)30-28(32)35)15-20-17-31(25-10-6-4-8-22(20)25)16-19-7-3-5-9-24(19)29/h3-15,17H,2,16H2,1H3,(H,30,33,35)/b23-15+. The second-order valence-electron chi connectivity index (χ2n) is 8.30. The molecule has 0 radical (unpaired) electrons. The average Bonchev–Trinajstić information content (AvgIpc) is 3.20. The number of carbonyl (C=O) groups excluding carboxylic acids is 3. The van der Waals surface area contributed by atoms with E-state index in [4.69, 9.17) is 11.6 Å². The fraction of sp³-hybridized carbons (Fsp3) is 0.107. The van der Waals surface area contributed by atoms with Crippen LogP contribution >= 0.6 is 11.6 Å². The molecule has 0 unspecified atom stereocenters. The van der Waals surface area contributed by atoms with Crippen molar-refractivity contribution in [2.24, 2.45) is 0 Å². The number of fused-ring (bicyclic) bond motifs is 1. The largest absolute Gasteiger partial charge is 0.342 e. The van der Waals surface area contributed by atoms with Gasteiger partial charge in [-0.25, -0.2) is 9.69 Å². The zero-order chi connectivity index (χ0) is 24.5. The second kappa shape index (κ2) is 9.24. The number of hydrogen-bond donors (Lipinski definition) is 1. The van der Waals surface area contributed by atoms with E-state index in [1.807, 2.05) is 78.4 Å². The van der Waals surface area contributed by atoms with Gasteiger partial charge in [0.05, 0.1) is 5.69 Å². The van der Waals surface area contributed by atoms with Crippen LogP contribution in [0, 0.1) is 0 Å². The van der Waals surface area contributed by atoms with E-state index in [1.165, 1.54) is 0 Å². The van der Waals surface area contributed by atoms with Gasteiger partial charge in [-0.05, 0) is 47.9 Å². The van der Waals surface area contributed by atoms with E-state index in [2.05, 4.69) is 5.32 Å². The summed E-state index contributed by atoms with van der Waals surface area (Å²) < 4.78 is 2.03. The summed E-state index contributed by atoms with van der Waals surface area (Å²) in [5, 5.41) is 3.83. The minimum Gasteiger partial charge on any atom is -0.342 e. The summed E-state index contributed by atoms with van der Waals surface area (Å²) in [7, 11) is 0. The molecule has 1 aliphatic heterocycles. The molecule has 2 heterocycles. The highest BCUT2D eigenvalue weighted by Crippen LogP contribution is 2.28. The fourth-order valence-electron chi connectivity index (χ4n) is 4.26. The molecule has 1 saturated heterocycles. The van der Waals surface area contributed by atoms with Crippen molar-refractivity contribution in [3.8, 4) is 0 Å². The first-order valence-corrected chi connectivity index (χ1v) is 11.7. The lowest BCUT2D eigenvalue weighted by Crippen LogP contribution is -2.54.